The molecule has 2 unspecified atom stereocenters. The average molecular weight is 291 g/mol. The van der Waals surface area contributed by atoms with Gasteiger partial charge in [0.15, 0.2) is 0 Å². The first kappa shape index (κ1) is 15.8. The first-order valence-corrected chi connectivity index (χ1v) is 7.61. The fourth-order valence-electron chi connectivity index (χ4n) is 2.75. The van der Waals surface area contributed by atoms with Crippen molar-refractivity contribution < 1.29 is 9.90 Å². The molecule has 0 spiro atoms. The number of nitrogens with zero attached hydrogens (tertiary/aromatic N) is 1. The summed E-state index contributed by atoms with van der Waals surface area (Å²) in [5.41, 5.74) is 7.06. The zero-order valence-electron chi connectivity index (χ0n) is 12.6. The van der Waals surface area contributed by atoms with Crippen LogP contribution < -0.4 is 11.1 Å². The monoisotopic (exact) mass is 291 g/mol. The van der Waals surface area contributed by atoms with Crippen LogP contribution in [0.4, 0.5) is 11.4 Å². The van der Waals surface area contributed by atoms with Crippen LogP contribution in [-0.2, 0) is 4.79 Å². The van der Waals surface area contributed by atoms with E-state index in [2.05, 4.69) is 10.2 Å². The maximum atomic E-state index is 11.9. The Morgan fingerprint density at radius 1 is 1.52 bits per heavy atom. The molecule has 0 saturated carbocycles. The third-order valence-electron chi connectivity index (χ3n) is 4.10. The predicted octanol–water partition coefficient (Wildman–Crippen LogP) is 1.69. The quantitative estimate of drug-likeness (QED) is 0.697. The molecule has 5 nitrogen and oxygen atoms in total. The summed E-state index contributed by atoms with van der Waals surface area (Å²) in [6.45, 7) is 4.71. The summed E-state index contributed by atoms with van der Waals surface area (Å²) in [5, 5.41) is 12.4. The second-order valence-electron chi connectivity index (χ2n) is 5.83. The Morgan fingerprint density at radius 2 is 2.29 bits per heavy atom. The third kappa shape index (κ3) is 4.72. The van der Waals surface area contributed by atoms with Gasteiger partial charge in [-0.15, -0.1) is 0 Å². The van der Waals surface area contributed by atoms with Gasteiger partial charge in [0.05, 0.1) is 17.5 Å². The molecule has 0 aliphatic carbocycles. The number of aliphatic hydroxyl groups is 1. The minimum absolute atomic E-state index is 0.000766. The lowest BCUT2D eigenvalue weighted by Gasteiger charge is -2.17. The molecule has 1 aliphatic rings. The van der Waals surface area contributed by atoms with E-state index in [9.17, 15) is 9.90 Å². The average Bonchev–Trinajstić information content (AvgIpc) is 2.90. The van der Waals surface area contributed by atoms with E-state index < -0.39 is 0 Å². The zero-order chi connectivity index (χ0) is 15.2. The Bertz CT molecular complexity index is 476. The van der Waals surface area contributed by atoms with Crippen molar-refractivity contribution >= 4 is 17.3 Å². The Morgan fingerprint density at radius 3 is 2.95 bits per heavy atom. The van der Waals surface area contributed by atoms with E-state index >= 15 is 0 Å². The van der Waals surface area contributed by atoms with Crippen molar-refractivity contribution in [3.63, 3.8) is 0 Å². The van der Waals surface area contributed by atoms with Crippen molar-refractivity contribution in [1.82, 2.24) is 4.90 Å². The number of amides is 1. The number of para-hydroxylation sites is 2. The Balaban J connectivity index is 1.67. The molecule has 2 rings (SSSR count). The van der Waals surface area contributed by atoms with Crippen LogP contribution in [0.3, 0.4) is 0 Å². The van der Waals surface area contributed by atoms with Crippen LogP contribution in [0.1, 0.15) is 26.2 Å². The van der Waals surface area contributed by atoms with Crippen LogP contribution in [0.5, 0.6) is 0 Å². The second-order valence-corrected chi connectivity index (χ2v) is 5.83. The van der Waals surface area contributed by atoms with E-state index in [1.165, 1.54) is 0 Å². The number of rotatable bonds is 6. The van der Waals surface area contributed by atoms with E-state index in [1.807, 2.05) is 19.1 Å². The molecule has 1 aliphatic heterocycles. The molecular weight excluding hydrogens is 266 g/mol. The molecule has 0 aromatic heterocycles. The summed E-state index contributed by atoms with van der Waals surface area (Å²) in [6.07, 6.45) is 2.12. The number of benzene rings is 1. The number of aliphatic hydroxyl groups excluding tert-OH is 1. The summed E-state index contributed by atoms with van der Waals surface area (Å²) < 4.78 is 0. The minimum Gasteiger partial charge on any atom is -0.397 e. The summed E-state index contributed by atoms with van der Waals surface area (Å²) in [5.74, 6) is 0.377. The van der Waals surface area contributed by atoms with Gasteiger partial charge in [-0.3, -0.25) is 4.79 Å². The number of hydrogen-bond acceptors (Lipinski definition) is 4. The molecule has 0 radical (unpaired) electrons. The number of likely N-dealkylation sites (tertiary alicyclic amines) is 1. The SMILES string of the molecule is CC(O)C1CCN(CCCC(=O)Nc2ccccc2N)C1. The summed E-state index contributed by atoms with van der Waals surface area (Å²) >= 11 is 0. The van der Waals surface area contributed by atoms with Gasteiger partial charge >= 0.3 is 0 Å². The van der Waals surface area contributed by atoms with Gasteiger partial charge < -0.3 is 21.1 Å². The van der Waals surface area contributed by atoms with Crippen LogP contribution >= 0.6 is 0 Å². The molecule has 1 fully saturated rings. The van der Waals surface area contributed by atoms with Gasteiger partial charge in [-0.05, 0) is 50.9 Å². The molecule has 4 N–H and O–H groups in total. The van der Waals surface area contributed by atoms with Crippen molar-refractivity contribution in [3.05, 3.63) is 24.3 Å². The van der Waals surface area contributed by atoms with Crippen LogP contribution in [0.15, 0.2) is 24.3 Å². The number of carbonyl (C=O) groups excluding carboxylic acids is 1. The van der Waals surface area contributed by atoms with Gasteiger partial charge in [0.2, 0.25) is 5.91 Å². The van der Waals surface area contributed by atoms with Gasteiger partial charge in [-0.25, -0.2) is 0 Å². The first-order chi connectivity index (χ1) is 10.1. The molecule has 1 aromatic rings. The lowest BCUT2D eigenvalue weighted by atomic mass is 10.0. The predicted molar refractivity (Wildman–Crippen MR) is 84.9 cm³/mol. The van der Waals surface area contributed by atoms with Crippen LogP contribution in [0, 0.1) is 5.92 Å². The zero-order valence-corrected chi connectivity index (χ0v) is 12.6. The molecule has 1 heterocycles. The molecule has 0 bridgehead atoms. The van der Waals surface area contributed by atoms with E-state index in [-0.39, 0.29) is 12.0 Å². The number of nitrogen functional groups attached to an aromatic ring is 1. The number of hydrogen-bond donors (Lipinski definition) is 3. The first-order valence-electron chi connectivity index (χ1n) is 7.61. The standard InChI is InChI=1S/C16H25N3O2/c1-12(20)13-8-10-19(11-13)9-4-7-16(21)18-15-6-3-2-5-14(15)17/h2-3,5-6,12-13,20H,4,7-11,17H2,1H3,(H,18,21). The van der Waals surface area contributed by atoms with Gasteiger partial charge in [0.25, 0.3) is 0 Å². The van der Waals surface area contributed by atoms with Gasteiger partial charge in [0.1, 0.15) is 0 Å². The van der Waals surface area contributed by atoms with Crippen molar-refractivity contribution in [1.29, 1.82) is 0 Å². The molecule has 1 saturated heterocycles. The fraction of sp³-hybridized carbons (Fsp3) is 0.562. The van der Waals surface area contributed by atoms with Crippen LogP contribution in [-0.4, -0.2) is 41.7 Å². The molecule has 5 heteroatoms. The summed E-state index contributed by atoms with van der Waals surface area (Å²) in [7, 11) is 0. The smallest absolute Gasteiger partial charge is 0.224 e. The van der Waals surface area contributed by atoms with Crippen molar-refractivity contribution in [2.24, 2.45) is 5.92 Å². The molecule has 2 atom stereocenters. The van der Waals surface area contributed by atoms with Crippen molar-refractivity contribution in [3.8, 4) is 0 Å². The van der Waals surface area contributed by atoms with Crippen LogP contribution in [0.2, 0.25) is 0 Å². The van der Waals surface area contributed by atoms with Gasteiger partial charge in [0, 0.05) is 13.0 Å². The van der Waals surface area contributed by atoms with Crippen molar-refractivity contribution in [2.45, 2.75) is 32.3 Å². The van der Waals surface area contributed by atoms with E-state index in [4.69, 9.17) is 5.73 Å². The maximum Gasteiger partial charge on any atom is 0.224 e. The van der Waals surface area contributed by atoms with Crippen LogP contribution in [0.25, 0.3) is 0 Å². The molecule has 1 aromatic carbocycles. The minimum atomic E-state index is -0.237. The number of carbonyl (C=O) groups is 1. The topological polar surface area (TPSA) is 78.6 Å². The highest BCUT2D eigenvalue weighted by molar-refractivity contribution is 5.93. The normalized spacial score (nSPS) is 20.4. The highest BCUT2D eigenvalue weighted by Crippen LogP contribution is 2.20. The Kier molecular flexibility index (Phi) is 5.59. The maximum absolute atomic E-state index is 11.9. The third-order valence-corrected chi connectivity index (χ3v) is 4.10. The fourth-order valence-corrected chi connectivity index (χ4v) is 2.75. The summed E-state index contributed by atoms with van der Waals surface area (Å²) in [4.78, 5) is 14.2. The lowest BCUT2D eigenvalue weighted by molar-refractivity contribution is -0.116. The summed E-state index contributed by atoms with van der Waals surface area (Å²) in [6, 6.07) is 7.28. The highest BCUT2D eigenvalue weighted by Gasteiger charge is 2.25. The van der Waals surface area contributed by atoms with E-state index in [0.29, 0.717) is 23.7 Å². The van der Waals surface area contributed by atoms with E-state index in [1.54, 1.807) is 12.1 Å². The number of nitrogens with one attached hydrogen (secondary N) is 1. The molecule has 21 heavy (non-hydrogen) atoms. The Hall–Kier alpha value is -1.59. The molecule has 116 valence electrons. The van der Waals surface area contributed by atoms with Gasteiger partial charge in [-0.2, -0.15) is 0 Å². The van der Waals surface area contributed by atoms with Crippen molar-refractivity contribution in [2.75, 3.05) is 30.7 Å². The number of anilines is 2. The highest BCUT2D eigenvalue weighted by atomic mass is 16.3. The largest absolute Gasteiger partial charge is 0.397 e. The molecule has 1 amide bonds. The molecular formula is C16H25N3O2. The Labute approximate surface area is 126 Å². The lowest BCUT2D eigenvalue weighted by Crippen LogP contribution is -2.26. The van der Waals surface area contributed by atoms with E-state index in [0.717, 1.165) is 32.5 Å². The number of nitrogens with two attached hydrogens (primary N) is 1. The second kappa shape index (κ2) is 7.43. The van der Waals surface area contributed by atoms with Gasteiger partial charge in [-0.1, -0.05) is 12.1 Å².